The van der Waals surface area contributed by atoms with Gasteiger partial charge in [0.2, 0.25) is 0 Å². The largest absolute Gasteiger partial charge is 0.497 e. The van der Waals surface area contributed by atoms with Crippen LogP contribution >= 0.6 is 11.6 Å². The number of halogens is 1. The van der Waals surface area contributed by atoms with Crippen LogP contribution in [0.5, 0.6) is 5.75 Å². The Hall–Kier alpha value is -2.53. The molecule has 0 bridgehead atoms. The predicted octanol–water partition coefficient (Wildman–Crippen LogP) is 3.07. The molecule has 0 radical (unpaired) electrons. The predicted molar refractivity (Wildman–Crippen MR) is 87.7 cm³/mol. The summed E-state index contributed by atoms with van der Waals surface area (Å²) in [6.07, 6.45) is 0.0955. The summed E-state index contributed by atoms with van der Waals surface area (Å²) in [4.78, 5) is 23.4. The molecular formula is C17H16ClNO4. The SMILES string of the molecule is COc1ccc(CC(=O)OCC(=O)Nc2ccc(Cl)cc2)cc1. The summed E-state index contributed by atoms with van der Waals surface area (Å²) in [6, 6.07) is 13.7. The first-order valence-electron chi connectivity index (χ1n) is 6.91. The van der Waals surface area contributed by atoms with Crippen molar-refractivity contribution in [1.29, 1.82) is 0 Å². The van der Waals surface area contributed by atoms with Gasteiger partial charge in [0.1, 0.15) is 5.75 Å². The highest BCUT2D eigenvalue weighted by Gasteiger charge is 2.09. The highest BCUT2D eigenvalue weighted by Crippen LogP contribution is 2.14. The van der Waals surface area contributed by atoms with Crippen LogP contribution in [0.3, 0.4) is 0 Å². The Bertz CT molecular complexity index is 668. The first kappa shape index (κ1) is 16.8. The molecule has 0 spiro atoms. The van der Waals surface area contributed by atoms with Crippen LogP contribution in [0.25, 0.3) is 0 Å². The first-order chi connectivity index (χ1) is 11.1. The summed E-state index contributed by atoms with van der Waals surface area (Å²) < 4.78 is 9.99. The molecule has 23 heavy (non-hydrogen) atoms. The van der Waals surface area contributed by atoms with Gasteiger partial charge in [0.15, 0.2) is 6.61 Å². The van der Waals surface area contributed by atoms with Crippen LogP contribution in [0.4, 0.5) is 5.69 Å². The molecule has 120 valence electrons. The second-order valence-electron chi connectivity index (χ2n) is 4.74. The number of carbonyl (C=O) groups excluding carboxylic acids is 2. The molecule has 1 N–H and O–H groups in total. The van der Waals surface area contributed by atoms with Gasteiger partial charge in [-0.05, 0) is 42.0 Å². The molecule has 0 aliphatic carbocycles. The number of hydrogen-bond donors (Lipinski definition) is 1. The molecule has 0 saturated carbocycles. The molecule has 1 amide bonds. The third-order valence-electron chi connectivity index (χ3n) is 3.00. The summed E-state index contributed by atoms with van der Waals surface area (Å²) in [5, 5.41) is 3.19. The first-order valence-corrected chi connectivity index (χ1v) is 7.28. The zero-order valence-corrected chi connectivity index (χ0v) is 13.3. The molecule has 0 unspecified atom stereocenters. The number of anilines is 1. The molecule has 0 atom stereocenters. The van der Waals surface area contributed by atoms with Crippen LogP contribution < -0.4 is 10.1 Å². The van der Waals surface area contributed by atoms with Gasteiger partial charge in [-0.1, -0.05) is 23.7 Å². The molecule has 0 aromatic heterocycles. The number of amides is 1. The standard InChI is InChI=1S/C17H16ClNO4/c1-22-15-8-2-12(3-9-15)10-17(21)23-11-16(20)19-14-6-4-13(18)5-7-14/h2-9H,10-11H2,1H3,(H,19,20). The highest BCUT2D eigenvalue weighted by atomic mass is 35.5. The lowest BCUT2D eigenvalue weighted by atomic mass is 10.1. The lowest BCUT2D eigenvalue weighted by Crippen LogP contribution is -2.21. The Balaban J connectivity index is 1.76. The van der Waals surface area contributed by atoms with Crippen molar-refractivity contribution in [3.05, 3.63) is 59.1 Å². The van der Waals surface area contributed by atoms with Crippen molar-refractivity contribution >= 4 is 29.2 Å². The maximum absolute atomic E-state index is 11.7. The van der Waals surface area contributed by atoms with Crippen LogP contribution in [0.1, 0.15) is 5.56 Å². The van der Waals surface area contributed by atoms with E-state index < -0.39 is 11.9 Å². The molecule has 6 heteroatoms. The Morgan fingerprint density at radius 3 is 2.30 bits per heavy atom. The van der Waals surface area contributed by atoms with Crippen LogP contribution in [0.15, 0.2) is 48.5 Å². The highest BCUT2D eigenvalue weighted by molar-refractivity contribution is 6.30. The van der Waals surface area contributed by atoms with Crippen molar-refractivity contribution in [3.8, 4) is 5.75 Å². The smallest absolute Gasteiger partial charge is 0.310 e. The summed E-state index contributed by atoms with van der Waals surface area (Å²) in [5.41, 5.74) is 1.37. The van der Waals surface area contributed by atoms with Gasteiger partial charge in [0, 0.05) is 10.7 Å². The molecule has 0 fully saturated rings. The van der Waals surface area contributed by atoms with Gasteiger partial charge >= 0.3 is 5.97 Å². The van der Waals surface area contributed by atoms with Gasteiger partial charge < -0.3 is 14.8 Å². The van der Waals surface area contributed by atoms with Gasteiger partial charge in [-0.2, -0.15) is 0 Å². The van der Waals surface area contributed by atoms with Crippen molar-refractivity contribution in [2.24, 2.45) is 0 Å². The minimum atomic E-state index is -0.471. The Morgan fingerprint density at radius 1 is 1.04 bits per heavy atom. The van der Waals surface area contributed by atoms with Gasteiger partial charge in [-0.15, -0.1) is 0 Å². The fourth-order valence-corrected chi connectivity index (χ4v) is 1.96. The van der Waals surface area contributed by atoms with E-state index in [0.29, 0.717) is 16.5 Å². The molecule has 2 aromatic carbocycles. The van der Waals surface area contributed by atoms with Crippen molar-refractivity contribution in [2.45, 2.75) is 6.42 Å². The minimum absolute atomic E-state index is 0.0955. The topological polar surface area (TPSA) is 64.6 Å². The van der Waals surface area contributed by atoms with E-state index >= 15 is 0 Å². The van der Waals surface area contributed by atoms with E-state index in [9.17, 15) is 9.59 Å². The number of hydrogen-bond acceptors (Lipinski definition) is 4. The van der Waals surface area contributed by atoms with Gasteiger partial charge in [-0.25, -0.2) is 0 Å². The maximum Gasteiger partial charge on any atom is 0.310 e. The van der Waals surface area contributed by atoms with Crippen molar-refractivity contribution in [2.75, 3.05) is 19.0 Å². The normalized spacial score (nSPS) is 10.0. The fraction of sp³-hybridized carbons (Fsp3) is 0.176. The lowest BCUT2D eigenvalue weighted by molar-refractivity contribution is -0.146. The third kappa shape index (κ3) is 5.64. The van der Waals surface area contributed by atoms with Crippen molar-refractivity contribution in [3.63, 3.8) is 0 Å². The van der Waals surface area contributed by atoms with E-state index in [4.69, 9.17) is 21.1 Å². The molecular weight excluding hydrogens is 318 g/mol. The van der Waals surface area contributed by atoms with E-state index in [1.807, 2.05) is 0 Å². The minimum Gasteiger partial charge on any atom is -0.497 e. The number of esters is 1. The Kier molecular flexibility index (Phi) is 6.00. The molecule has 5 nitrogen and oxygen atoms in total. The van der Waals surface area contributed by atoms with Crippen molar-refractivity contribution < 1.29 is 19.1 Å². The summed E-state index contributed by atoms with van der Waals surface area (Å²) in [7, 11) is 1.57. The van der Waals surface area contributed by atoms with Gasteiger partial charge in [0.05, 0.1) is 13.5 Å². The van der Waals surface area contributed by atoms with E-state index in [1.54, 1.807) is 55.6 Å². The van der Waals surface area contributed by atoms with Gasteiger partial charge in [-0.3, -0.25) is 9.59 Å². The Morgan fingerprint density at radius 2 is 1.70 bits per heavy atom. The number of carbonyl (C=O) groups is 2. The second kappa shape index (κ2) is 8.19. The summed E-state index contributed by atoms with van der Waals surface area (Å²) >= 11 is 5.76. The number of nitrogens with one attached hydrogen (secondary N) is 1. The average molecular weight is 334 g/mol. The van der Waals surface area contributed by atoms with Crippen LogP contribution in [0, 0.1) is 0 Å². The van der Waals surface area contributed by atoms with Crippen LogP contribution in [-0.4, -0.2) is 25.6 Å². The van der Waals surface area contributed by atoms with E-state index in [-0.39, 0.29) is 13.0 Å². The van der Waals surface area contributed by atoms with Crippen molar-refractivity contribution in [1.82, 2.24) is 0 Å². The zero-order chi connectivity index (χ0) is 16.7. The number of methoxy groups -OCH3 is 1. The van der Waals surface area contributed by atoms with E-state index in [1.165, 1.54) is 0 Å². The molecule has 2 aromatic rings. The molecule has 0 aliphatic rings. The summed E-state index contributed by atoms with van der Waals surface area (Å²) in [5.74, 6) is -0.165. The molecule has 0 saturated heterocycles. The van der Waals surface area contributed by atoms with Crippen LogP contribution in [-0.2, 0) is 20.7 Å². The van der Waals surface area contributed by atoms with Crippen LogP contribution in [0.2, 0.25) is 5.02 Å². The third-order valence-corrected chi connectivity index (χ3v) is 3.25. The monoisotopic (exact) mass is 333 g/mol. The lowest BCUT2D eigenvalue weighted by Gasteiger charge is -2.07. The molecule has 2 rings (SSSR count). The second-order valence-corrected chi connectivity index (χ2v) is 5.18. The number of ether oxygens (including phenoxy) is 2. The fourth-order valence-electron chi connectivity index (χ4n) is 1.84. The quantitative estimate of drug-likeness (QED) is 0.825. The Labute approximate surface area is 139 Å². The van der Waals surface area contributed by atoms with E-state index in [2.05, 4.69) is 5.32 Å². The average Bonchev–Trinajstić information content (AvgIpc) is 2.56. The van der Waals surface area contributed by atoms with E-state index in [0.717, 1.165) is 5.56 Å². The number of rotatable bonds is 6. The maximum atomic E-state index is 11.7. The summed E-state index contributed by atoms with van der Waals surface area (Å²) in [6.45, 7) is -0.336. The number of benzene rings is 2. The zero-order valence-electron chi connectivity index (χ0n) is 12.5. The molecule has 0 aliphatic heterocycles. The molecule has 0 heterocycles. The van der Waals surface area contributed by atoms with Gasteiger partial charge in [0.25, 0.3) is 5.91 Å².